The number of hydrogen-bond donors (Lipinski definition) is 1. The smallest absolute Gasteiger partial charge is 0.288 e. The Hall–Kier alpha value is -2.11. The molecule has 0 aliphatic carbocycles. The normalized spacial score (nSPS) is 11.6. The van der Waals surface area contributed by atoms with E-state index in [9.17, 15) is 18.0 Å². The van der Waals surface area contributed by atoms with E-state index < -0.39 is 11.7 Å². The highest BCUT2D eigenvalue weighted by Gasteiger charge is 2.31. The molecule has 1 aromatic carbocycles. The molecule has 0 amide bonds. The number of aromatic nitrogens is 2. The summed E-state index contributed by atoms with van der Waals surface area (Å²) in [5.74, 6) is 0. The number of aromatic amines is 1. The maximum Gasteiger partial charge on any atom is 0.416 e. The van der Waals surface area contributed by atoms with E-state index in [-0.39, 0.29) is 11.0 Å². The van der Waals surface area contributed by atoms with Gasteiger partial charge in [-0.1, -0.05) is 12.1 Å². The minimum absolute atomic E-state index is 0.192. The van der Waals surface area contributed by atoms with Gasteiger partial charge in [0.15, 0.2) is 5.43 Å². The maximum absolute atomic E-state index is 12.6. The number of benzene rings is 1. The molecule has 0 unspecified atom stereocenters. The Morgan fingerprint density at radius 2 is 1.95 bits per heavy atom. The van der Waals surface area contributed by atoms with Crippen LogP contribution in [0.25, 0.3) is 0 Å². The maximum atomic E-state index is 12.6. The molecule has 2 aromatic rings. The van der Waals surface area contributed by atoms with Gasteiger partial charge in [0, 0.05) is 11.8 Å². The highest BCUT2D eigenvalue weighted by Crippen LogP contribution is 2.32. The Bertz CT molecular complexity index is 662. The molecule has 0 saturated heterocycles. The van der Waals surface area contributed by atoms with Crippen molar-refractivity contribution in [1.29, 1.82) is 0 Å². The van der Waals surface area contributed by atoms with Crippen molar-refractivity contribution in [3.8, 4) is 0 Å². The van der Waals surface area contributed by atoms with E-state index in [2.05, 4.69) is 10.2 Å². The summed E-state index contributed by atoms with van der Waals surface area (Å²) >= 11 is 0. The van der Waals surface area contributed by atoms with Crippen molar-refractivity contribution in [2.24, 2.45) is 0 Å². The minimum Gasteiger partial charge on any atom is -0.288 e. The van der Waals surface area contributed by atoms with E-state index in [0.717, 1.165) is 11.6 Å². The highest BCUT2D eigenvalue weighted by molar-refractivity contribution is 5.33. The van der Waals surface area contributed by atoms with E-state index in [1.165, 1.54) is 31.3 Å². The van der Waals surface area contributed by atoms with Gasteiger partial charge >= 0.3 is 6.18 Å². The zero-order chi connectivity index (χ0) is 14.8. The molecule has 0 radical (unpaired) electrons. The van der Waals surface area contributed by atoms with Crippen molar-refractivity contribution >= 4 is 0 Å². The van der Waals surface area contributed by atoms with Crippen LogP contribution in [0.3, 0.4) is 0 Å². The molecule has 0 bridgehead atoms. The molecule has 106 valence electrons. The molecule has 1 N–H and O–H groups in total. The van der Waals surface area contributed by atoms with Crippen molar-refractivity contribution in [3.05, 3.63) is 63.1 Å². The number of halogens is 3. The zero-order valence-electron chi connectivity index (χ0n) is 10.8. The van der Waals surface area contributed by atoms with Crippen LogP contribution in [0.4, 0.5) is 13.2 Å². The number of nitrogens with zero attached hydrogens (tertiary/aromatic N) is 1. The Balaban J connectivity index is 2.11. The summed E-state index contributed by atoms with van der Waals surface area (Å²) in [7, 11) is 0. The van der Waals surface area contributed by atoms with E-state index in [1.54, 1.807) is 0 Å². The lowest BCUT2D eigenvalue weighted by Crippen LogP contribution is -2.08. The molecule has 20 heavy (non-hydrogen) atoms. The molecule has 0 atom stereocenters. The Kier molecular flexibility index (Phi) is 3.92. The predicted molar refractivity (Wildman–Crippen MR) is 68.4 cm³/mol. The predicted octanol–water partition coefficient (Wildman–Crippen LogP) is 2.88. The first-order chi connectivity index (χ1) is 9.36. The average molecular weight is 282 g/mol. The largest absolute Gasteiger partial charge is 0.416 e. The third kappa shape index (κ3) is 3.46. The summed E-state index contributed by atoms with van der Waals surface area (Å²) in [5.41, 5.74) is 0.850. The van der Waals surface area contributed by atoms with Crippen molar-refractivity contribution in [3.63, 3.8) is 0 Å². The Morgan fingerprint density at radius 3 is 2.55 bits per heavy atom. The molecule has 6 heteroatoms. The fraction of sp³-hybridized carbons (Fsp3) is 0.286. The molecule has 0 aliphatic heterocycles. The van der Waals surface area contributed by atoms with Gasteiger partial charge in [-0.3, -0.25) is 9.89 Å². The highest BCUT2D eigenvalue weighted by atomic mass is 19.4. The topological polar surface area (TPSA) is 45.8 Å². The van der Waals surface area contributed by atoms with Gasteiger partial charge in [-0.05, 0) is 37.0 Å². The van der Waals surface area contributed by atoms with Gasteiger partial charge in [0.2, 0.25) is 0 Å². The fourth-order valence-electron chi connectivity index (χ4n) is 2.03. The van der Waals surface area contributed by atoms with Crippen molar-refractivity contribution in [2.75, 3.05) is 0 Å². The number of aryl methyl sites for hydroxylation is 3. The number of H-pyrrole nitrogens is 1. The third-order valence-corrected chi connectivity index (χ3v) is 3.00. The second-order valence-electron chi connectivity index (χ2n) is 4.59. The quantitative estimate of drug-likeness (QED) is 0.940. The summed E-state index contributed by atoms with van der Waals surface area (Å²) in [4.78, 5) is 11.1. The van der Waals surface area contributed by atoms with Crippen molar-refractivity contribution < 1.29 is 13.2 Å². The van der Waals surface area contributed by atoms with Crippen LogP contribution < -0.4 is 5.43 Å². The van der Waals surface area contributed by atoms with Crippen molar-refractivity contribution in [2.45, 2.75) is 25.9 Å². The van der Waals surface area contributed by atoms with E-state index in [0.29, 0.717) is 18.5 Å². The zero-order valence-corrected chi connectivity index (χ0v) is 10.8. The first kappa shape index (κ1) is 14.3. The molecule has 3 nitrogen and oxygen atoms in total. The van der Waals surface area contributed by atoms with Gasteiger partial charge in [0.25, 0.3) is 0 Å². The lowest BCUT2D eigenvalue weighted by Gasteiger charge is -2.11. The van der Waals surface area contributed by atoms with Gasteiger partial charge in [0.05, 0.1) is 11.8 Å². The lowest BCUT2D eigenvalue weighted by atomic mass is 10.0. The number of alkyl halides is 3. The van der Waals surface area contributed by atoms with Gasteiger partial charge < -0.3 is 0 Å². The van der Waals surface area contributed by atoms with Crippen LogP contribution in [0.5, 0.6) is 0 Å². The van der Waals surface area contributed by atoms with Crippen LogP contribution >= 0.6 is 0 Å². The number of rotatable bonds is 3. The first-order valence-corrected chi connectivity index (χ1v) is 6.06. The molecule has 0 spiro atoms. The summed E-state index contributed by atoms with van der Waals surface area (Å²) < 4.78 is 37.9. The Morgan fingerprint density at radius 1 is 1.20 bits per heavy atom. The molecule has 0 aliphatic rings. The summed E-state index contributed by atoms with van der Waals surface area (Å²) in [5, 5.41) is 6.37. The van der Waals surface area contributed by atoms with Gasteiger partial charge in [0.1, 0.15) is 0 Å². The van der Waals surface area contributed by atoms with E-state index in [1.807, 2.05) is 0 Å². The van der Waals surface area contributed by atoms with E-state index >= 15 is 0 Å². The first-order valence-electron chi connectivity index (χ1n) is 6.06. The molecule has 1 aromatic heterocycles. The monoisotopic (exact) mass is 282 g/mol. The average Bonchev–Trinajstić information content (AvgIpc) is 2.35. The standard InChI is InChI=1S/C14H13F3N2O/c1-9-6-10(3-5-13(9)14(15,16)17)2-4-11-7-12(20)8-18-19-11/h3,5-8H,2,4H2,1H3,(H,19,20). The summed E-state index contributed by atoms with van der Waals surface area (Å²) in [6, 6.07) is 5.52. The summed E-state index contributed by atoms with van der Waals surface area (Å²) in [6.07, 6.45) is -2.09. The van der Waals surface area contributed by atoms with Gasteiger partial charge in [-0.15, -0.1) is 0 Å². The van der Waals surface area contributed by atoms with Crippen LogP contribution in [0.15, 0.2) is 35.3 Å². The third-order valence-electron chi connectivity index (χ3n) is 3.00. The summed E-state index contributed by atoms with van der Waals surface area (Å²) in [6.45, 7) is 1.44. The number of hydrogen-bond acceptors (Lipinski definition) is 2. The second-order valence-corrected chi connectivity index (χ2v) is 4.59. The molecule has 0 saturated carbocycles. The number of nitrogens with one attached hydrogen (secondary N) is 1. The van der Waals surface area contributed by atoms with Crippen LogP contribution in [-0.4, -0.2) is 10.2 Å². The lowest BCUT2D eigenvalue weighted by molar-refractivity contribution is -0.138. The van der Waals surface area contributed by atoms with Crippen LogP contribution in [0, 0.1) is 6.92 Å². The minimum atomic E-state index is -4.32. The SMILES string of the molecule is Cc1cc(CCc2cc(=O)cn[nH]2)ccc1C(F)(F)F. The van der Waals surface area contributed by atoms with Crippen LogP contribution in [0.2, 0.25) is 0 Å². The molecule has 2 rings (SSSR count). The van der Waals surface area contributed by atoms with Crippen molar-refractivity contribution in [1.82, 2.24) is 10.2 Å². The second kappa shape index (κ2) is 5.48. The van der Waals surface area contributed by atoms with Gasteiger partial charge in [-0.2, -0.15) is 18.3 Å². The Labute approximate surface area is 113 Å². The molecular formula is C14H13F3N2O. The van der Waals surface area contributed by atoms with Gasteiger partial charge in [-0.25, -0.2) is 0 Å². The fourth-order valence-corrected chi connectivity index (χ4v) is 2.03. The van der Waals surface area contributed by atoms with E-state index in [4.69, 9.17) is 0 Å². The molecule has 1 heterocycles. The van der Waals surface area contributed by atoms with Crippen LogP contribution in [0.1, 0.15) is 22.4 Å². The molecular weight excluding hydrogens is 269 g/mol. The van der Waals surface area contributed by atoms with Crippen LogP contribution in [-0.2, 0) is 19.0 Å². The molecule has 0 fully saturated rings.